The van der Waals surface area contributed by atoms with Crippen molar-refractivity contribution < 1.29 is 9.59 Å². The molecule has 0 aliphatic rings. The number of carbonyl (C=O) groups is 2. The third kappa shape index (κ3) is 4.13. The van der Waals surface area contributed by atoms with E-state index in [2.05, 4.69) is 6.07 Å². The van der Waals surface area contributed by atoms with Gasteiger partial charge in [-0.2, -0.15) is 5.26 Å². The van der Waals surface area contributed by atoms with Crippen LogP contribution < -0.4 is 0 Å². The molecule has 3 aromatic carbocycles. The molecule has 0 spiro atoms. The second kappa shape index (κ2) is 8.44. The first-order valence-corrected chi connectivity index (χ1v) is 8.83. The molecule has 0 saturated carbocycles. The first-order valence-electron chi connectivity index (χ1n) is 8.45. The van der Waals surface area contributed by atoms with Crippen molar-refractivity contribution in [3.05, 3.63) is 107 Å². The topological polar surface area (TPSA) is 57.9 Å². The van der Waals surface area contributed by atoms with E-state index in [1.54, 1.807) is 84.9 Å². The van der Waals surface area contributed by atoms with Crippen LogP contribution in [-0.4, -0.2) is 11.6 Å². The lowest BCUT2D eigenvalue weighted by molar-refractivity contribution is 0.0796. The summed E-state index contributed by atoms with van der Waals surface area (Å²) in [6, 6.07) is 26.0. The summed E-state index contributed by atoms with van der Waals surface area (Å²) in [5.41, 5.74) is 1.39. The van der Waals surface area contributed by atoms with Crippen molar-refractivity contribution in [2.75, 3.05) is 0 Å². The Morgan fingerprint density at radius 2 is 1.19 bits per heavy atom. The van der Waals surface area contributed by atoms with Crippen LogP contribution in [0.2, 0.25) is 5.02 Å². The highest BCUT2D eigenvalue weighted by Gasteiger charge is 2.37. The zero-order valence-electron chi connectivity index (χ0n) is 14.4. The summed E-state index contributed by atoms with van der Waals surface area (Å²) in [6.07, 6.45) is 0. The quantitative estimate of drug-likeness (QED) is 0.433. The van der Waals surface area contributed by atoms with Crippen molar-refractivity contribution in [1.82, 2.24) is 0 Å². The van der Waals surface area contributed by atoms with Crippen LogP contribution in [0.5, 0.6) is 0 Å². The summed E-state index contributed by atoms with van der Waals surface area (Å²) in [5, 5.41) is 10.3. The molecule has 4 heteroatoms. The molecule has 3 nitrogen and oxygen atoms in total. The minimum Gasteiger partial charge on any atom is -0.293 e. The summed E-state index contributed by atoms with van der Waals surface area (Å²) in [5.74, 6) is -2.79. The van der Waals surface area contributed by atoms with Crippen molar-refractivity contribution in [2.45, 2.75) is 5.92 Å². The lowest BCUT2D eigenvalue weighted by Crippen LogP contribution is -2.30. The van der Waals surface area contributed by atoms with Crippen molar-refractivity contribution in [2.24, 2.45) is 5.92 Å². The number of benzene rings is 3. The van der Waals surface area contributed by atoms with Crippen LogP contribution in [0, 0.1) is 17.2 Å². The normalized spacial score (nSPS) is 11.6. The average Bonchev–Trinajstić information content (AvgIpc) is 2.73. The average molecular weight is 374 g/mol. The highest BCUT2D eigenvalue weighted by atomic mass is 35.5. The van der Waals surface area contributed by atoms with E-state index in [1.807, 2.05) is 0 Å². The van der Waals surface area contributed by atoms with Gasteiger partial charge in [-0.1, -0.05) is 84.4 Å². The van der Waals surface area contributed by atoms with E-state index in [4.69, 9.17) is 11.6 Å². The number of ketones is 2. The van der Waals surface area contributed by atoms with Gasteiger partial charge in [0.25, 0.3) is 0 Å². The highest BCUT2D eigenvalue weighted by molar-refractivity contribution is 6.30. The van der Waals surface area contributed by atoms with E-state index in [9.17, 15) is 14.9 Å². The molecule has 0 aliphatic heterocycles. The summed E-state index contributed by atoms with van der Waals surface area (Å²) >= 11 is 5.94. The van der Waals surface area contributed by atoms with Crippen LogP contribution in [0.1, 0.15) is 32.2 Å². The zero-order valence-corrected chi connectivity index (χ0v) is 15.1. The van der Waals surface area contributed by atoms with Gasteiger partial charge < -0.3 is 0 Å². The Morgan fingerprint density at radius 1 is 0.741 bits per heavy atom. The van der Waals surface area contributed by atoms with Gasteiger partial charge in [0, 0.05) is 16.1 Å². The molecule has 27 heavy (non-hydrogen) atoms. The van der Waals surface area contributed by atoms with Gasteiger partial charge in [0.15, 0.2) is 11.6 Å². The van der Waals surface area contributed by atoms with Gasteiger partial charge in [-0.05, 0) is 17.7 Å². The molecule has 0 N–H and O–H groups in total. The number of nitriles is 1. The smallest absolute Gasteiger partial charge is 0.175 e. The minimum atomic E-state index is -1.14. The van der Waals surface area contributed by atoms with Gasteiger partial charge in [-0.3, -0.25) is 9.59 Å². The number of Topliss-reactive ketones (excluding diaryl/α,β-unsaturated/α-hetero) is 2. The molecule has 0 fully saturated rings. The molecule has 0 aromatic heterocycles. The second-order valence-electron chi connectivity index (χ2n) is 6.10. The molecule has 3 aromatic rings. The van der Waals surface area contributed by atoms with Gasteiger partial charge in [-0.25, -0.2) is 0 Å². The number of halogens is 1. The predicted molar refractivity (Wildman–Crippen MR) is 105 cm³/mol. The second-order valence-corrected chi connectivity index (χ2v) is 6.53. The summed E-state index contributed by atoms with van der Waals surface area (Å²) in [4.78, 5) is 26.4. The summed E-state index contributed by atoms with van der Waals surface area (Å²) in [7, 11) is 0. The number of nitrogens with zero attached hydrogens (tertiary/aromatic N) is 1. The molecular formula is C23H16ClNO2. The van der Waals surface area contributed by atoms with Crippen LogP contribution >= 0.6 is 11.6 Å². The van der Waals surface area contributed by atoms with E-state index >= 15 is 0 Å². The van der Waals surface area contributed by atoms with E-state index in [1.165, 1.54) is 0 Å². The molecule has 0 aliphatic carbocycles. The van der Waals surface area contributed by atoms with E-state index < -0.39 is 11.8 Å². The monoisotopic (exact) mass is 373 g/mol. The SMILES string of the molecule is N#C[C@H](c1ccc(Cl)cc1)C(C(=O)c1ccccc1)C(=O)c1ccccc1. The van der Waals surface area contributed by atoms with Crippen LogP contribution in [-0.2, 0) is 0 Å². The number of rotatable bonds is 6. The van der Waals surface area contributed by atoms with Crippen molar-refractivity contribution in [3.8, 4) is 6.07 Å². The van der Waals surface area contributed by atoms with Crippen molar-refractivity contribution in [1.29, 1.82) is 5.26 Å². The zero-order chi connectivity index (χ0) is 19.2. The van der Waals surface area contributed by atoms with Gasteiger partial charge >= 0.3 is 0 Å². The molecule has 1 atom stereocenters. The summed E-state index contributed by atoms with van der Waals surface area (Å²) < 4.78 is 0. The molecule has 0 bridgehead atoms. The molecule has 0 unspecified atom stereocenters. The molecular weight excluding hydrogens is 358 g/mol. The van der Waals surface area contributed by atoms with Crippen LogP contribution in [0.15, 0.2) is 84.9 Å². The van der Waals surface area contributed by atoms with E-state index in [0.717, 1.165) is 0 Å². The highest BCUT2D eigenvalue weighted by Crippen LogP contribution is 2.31. The van der Waals surface area contributed by atoms with Crippen LogP contribution in [0.4, 0.5) is 0 Å². The molecule has 0 saturated heterocycles. The van der Waals surface area contributed by atoms with E-state index in [-0.39, 0.29) is 11.6 Å². The fourth-order valence-corrected chi connectivity index (χ4v) is 3.12. The lowest BCUT2D eigenvalue weighted by Gasteiger charge is -2.20. The Hall–Kier alpha value is -3.22. The third-order valence-corrected chi connectivity index (χ3v) is 4.64. The maximum absolute atomic E-state index is 13.2. The summed E-state index contributed by atoms with van der Waals surface area (Å²) in [6.45, 7) is 0. The predicted octanol–water partition coefficient (Wildman–Crippen LogP) is 5.33. The van der Waals surface area contributed by atoms with Crippen LogP contribution in [0.25, 0.3) is 0 Å². The van der Waals surface area contributed by atoms with Gasteiger partial charge in [-0.15, -0.1) is 0 Å². The number of hydrogen-bond acceptors (Lipinski definition) is 3. The molecule has 0 amide bonds. The first kappa shape index (κ1) is 18.6. The lowest BCUT2D eigenvalue weighted by atomic mass is 9.77. The third-order valence-electron chi connectivity index (χ3n) is 4.38. The minimum absolute atomic E-state index is 0.369. The Morgan fingerprint density at radius 3 is 1.59 bits per heavy atom. The fraction of sp³-hybridized carbons (Fsp3) is 0.0870. The molecule has 132 valence electrons. The number of carbonyl (C=O) groups excluding carboxylic acids is 2. The molecule has 0 radical (unpaired) electrons. The Bertz CT molecular complexity index is 925. The fourth-order valence-electron chi connectivity index (χ4n) is 3.00. The largest absolute Gasteiger partial charge is 0.293 e. The molecule has 0 heterocycles. The first-order chi connectivity index (χ1) is 13.1. The Labute approximate surface area is 162 Å². The number of hydrogen-bond donors (Lipinski definition) is 0. The van der Waals surface area contributed by atoms with Gasteiger partial charge in [0.2, 0.25) is 0 Å². The maximum atomic E-state index is 13.2. The Balaban J connectivity index is 2.08. The standard InChI is InChI=1S/C23H16ClNO2/c24-19-13-11-16(12-14-19)20(15-25)21(22(26)17-7-3-1-4-8-17)23(27)18-9-5-2-6-10-18/h1-14,20-21H/t20-/m1/s1. The van der Waals surface area contributed by atoms with Crippen molar-refractivity contribution >= 4 is 23.2 Å². The Kier molecular flexibility index (Phi) is 5.80. The maximum Gasteiger partial charge on any atom is 0.175 e. The molecule has 3 rings (SSSR count). The van der Waals surface area contributed by atoms with Gasteiger partial charge in [0.1, 0.15) is 5.92 Å². The van der Waals surface area contributed by atoms with Gasteiger partial charge in [0.05, 0.1) is 12.0 Å². The van der Waals surface area contributed by atoms with Crippen molar-refractivity contribution in [3.63, 3.8) is 0 Å². The van der Waals surface area contributed by atoms with E-state index in [0.29, 0.717) is 21.7 Å². The van der Waals surface area contributed by atoms with Crippen LogP contribution in [0.3, 0.4) is 0 Å².